The standard InChI is InChI=1S/C14H27N5O2.HI/c1-5-15-13(16-7-6-8-21-4)17-11-14(2,20)12-9-18-19(3)10-12;/h9-10,20H,5-8,11H2,1-4H3,(H2,15,16,17);1H. The van der Waals surface area contributed by atoms with Crippen molar-refractivity contribution in [1.82, 2.24) is 20.4 Å². The Kier molecular flexibility index (Phi) is 10.4. The van der Waals surface area contributed by atoms with Crippen LogP contribution in [0.4, 0.5) is 0 Å². The number of aliphatic hydroxyl groups is 1. The molecule has 1 aromatic heterocycles. The number of nitrogens with zero attached hydrogens (tertiary/aromatic N) is 3. The Bertz CT molecular complexity index is 448. The molecule has 0 saturated heterocycles. The Morgan fingerprint density at radius 3 is 2.77 bits per heavy atom. The van der Waals surface area contributed by atoms with E-state index >= 15 is 0 Å². The summed E-state index contributed by atoms with van der Waals surface area (Å²) in [5.41, 5.74) is -0.285. The van der Waals surface area contributed by atoms with Crippen LogP contribution >= 0.6 is 24.0 Å². The van der Waals surface area contributed by atoms with Gasteiger partial charge in [0.05, 0.1) is 12.7 Å². The van der Waals surface area contributed by atoms with Gasteiger partial charge in [-0.15, -0.1) is 24.0 Å². The Morgan fingerprint density at radius 1 is 1.50 bits per heavy atom. The number of hydrogen-bond donors (Lipinski definition) is 3. The van der Waals surface area contributed by atoms with Gasteiger partial charge in [0.15, 0.2) is 5.96 Å². The van der Waals surface area contributed by atoms with Crippen LogP contribution < -0.4 is 10.6 Å². The second-order valence-corrected chi connectivity index (χ2v) is 5.14. The minimum atomic E-state index is -1.04. The molecular formula is C14H28IN5O2. The fourth-order valence-corrected chi connectivity index (χ4v) is 1.79. The molecular weight excluding hydrogens is 397 g/mol. The lowest BCUT2D eigenvalue weighted by atomic mass is 10.0. The fraction of sp³-hybridized carbons (Fsp3) is 0.714. The normalized spacial score (nSPS) is 14.1. The van der Waals surface area contributed by atoms with Gasteiger partial charge in [-0.1, -0.05) is 0 Å². The highest BCUT2D eigenvalue weighted by Gasteiger charge is 2.24. The number of aliphatic imine (C=N–C) groups is 1. The van der Waals surface area contributed by atoms with E-state index in [-0.39, 0.29) is 30.5 Å². The molecule has 8 heteroatoms. The second kappa shape index (κ2) is 10.8. The van der Waals surface area contributed by atoms with Crippen LogP contribution in [0.1, 0.15) is 25.8 Å². The van der Waals surface area contributed by atoms with Crippen molar-refractivity contribution in [2.24, 2.45) is 12.0 Å². The molecule has 0 aliphatic carbocycles. The van der Waals surface area contributed by atoms with E-state index < -0.39 is 5.60 Å². The third-order valence-corrected chi connectivity index (χ3v) is 3.03. The predicted molar refractivity (Wildman–Crippen MR) is 98.7 cm³/mol. The van der Waals surface area contributed by atoms with Crippen LogP contribution in [-0.2, 0) is 17.4 Å². The molecule has 1 heterocycles. The first kappa shape index (κ1) is 21.1. The first-order chi connectivity index (χ1) is 9.99. The van der Waals surface area contributed by atoms with E-state index in [1.165, 1.54) is 0 Å². The molecule has 0 saturated carbocycles. The molecule has 0 aliphatic heterocycles. The quantitative estimate of drug-likeness (QED) is 0.249. The van der Waals surface area contributed by atoms with E-state index in [9.17, 15) is 5.11 Å². The summed E-state index contributed by atoms with van der Waals surface area (Å²) in [7, 11) is 3.51. The average molecular weight is 425 g/mol. The van der Waals surface area contributed by atoms with Gasteiger partial charge in [-0.2, -0.15) is 5.10 Å². The van der Waals surface area contributed by atoms with E-state index in [1.54, 1.807) is 31.1 Å². The highest BCUT2D eigenvalue weighted by molar-refractivity contribution is 14.0. The zero-order valence-corrected chi connectivity index (χ0v) is 16.1. The highest BCUT2D eigenvalue weighted by Crippen LogP contribution is 2.19. The van der Waals surface area contributed by atoms with Crippen molar-refractivity contribution < 1.29 is 9.84 Å². The van der Waals surface area contributed by atoms with E-state index in [4.69, 9.17) is 4.74 Å². The molecule has 1 unspecified atom stereocenters. The van der Waals surface area contributed by atoms with Gasteiger partial charge in [-0.3, -0.25) is 4.68 Å². The molecule has 0 bridgehead atoms. The van der Waals surface area contributed by atoms with Crippen molar-refractivity contribution in [1.29, 1.82) is 0 Å². The van der Waals surface area contributed by atoms with E-state index in [2.05, 4.69) is 20.7 Å². The lowest BCUT2D eigenvalue weighted by Crippen LogP contribution is -2.39. The van der Waals surface area contributed by atoms with Crippen molar-refractivity contribution in [2.45, 2.75) is 25.9 Å². The summed E-state index contributed by atoms with van der Waals surface area (Å²) in [6.45, 7) is 6.26. The van der Waals surface area contributed by atoms with Crippen molar-refractivity contribution >= 4 is 29.9 Å². The van der Waals surface area contributed by atoms with Gasteiger partial charge in [-0.05, 0) is 20.3 Å². The number of hydrogen-bond acceptors (Lipinski definition) is 4. The second-order valence-electron chi connectivity index (χ2n) is 5.14. The molecule has 7 nitrogen and oxygen atoms in total. The summed E-state index contributed by atoms with van der Waals surface area (Å²) in [6, 6.07) is 0. The summed E-state index contributed by atoms with van der Waals surface area (Å²) >= 11 is 0. The maximum atomic E-state index is 10.5. The Morgan fingerprint density at radius 2 is 2.23 bits per heavy atom. The number of guanidine groups is 1. The summed E-state index contributed by atoms with van der Waals surface area (Å²) in [5, 5.41) is 20.9. The molecule has 0 aromatic carbocycles. The molecule has 0 aliphatic rings. The molecule has 0 radical (unpaired) electrons. The molecule has 1 rings (SSSR count). The maximum absolute atomic E-state index is 10.5. The summed E-state index contributed by atoms with van der Waals surface area (Å²) in [4.78, 5) is 4.43. The van der Waals surface area contributed by atoms with Gasteiger partial charge in [0.2, 0.25) is 0 Å². The number of methoxy groups -OCH3 is 1. The maximum Gasteiger partial charge on any atom is 0.191 e. The number of rotatable bonds is 8. The van der Waals surface area contributed by atoms with Crippen LogP contribution in [0.2, 0.25) is 0 Å². The number of halogens is 1. The largest absolute Gasteiger partial charge is 0.385 e. The smallest absolute Gasteiger partial charge is 0.191 e. The number of aryl methyl sites for hydroxylation is 1. The van der Waals surface area contributed by atoms with Gasteiger partial charge < -0.3 is 20.5 Å². The van der Waals surface area contributed by atoms with Crippen LogP contribution in [0.15, 0.2) is 17.4 Å². The predicted octanol–water partition coefficient (Wildman–Crippen LogP) is 0.837. The summed E-state index contributed by atoms with van der Waals surface area (Å²) < 4.78 is 6.68. The number of aromatic nitrogens is 2. The Hall–Kier alpha value is -0.870. The minimum Gasteiger partial charge on any atom is -0.385 e. The molecule has 3 N–H and O–H groups in total. The van der Waals surface area contributed by atoms with E-state index in [0.717, 1.165) is 25.1 Å². The van der Waals surface area contributed by atoms with E-state index in [1.807, 2.05) is 14.0 Å². The highest BCUT2D eigenvalue weighted by atomic mass is 127. The van der Waals surface area contributed by atoms with Crippen LogP contribution in [0.5, 0.6) is 0 Å². The third kappa shape index (κ3) is 7.41. The molecule has 1 atom stereocenters. The lowest BCUT2D eigenvalue weighted by molar-refractivity contribution is 0.0671. The molecule has 128 valence electrons. The molecule has 0 fully saturated rings. The van der Waals surface area contributed by atoms with Gasteiger partial charge >= 0.3 is 0 Å². The number of nitrogens with one attached hydrogen (secondary N) is 2. The van der Waals surface area contributed by atoms with E-state index in [0.29, 0.717) is 12.6 Å². The first-order valence-electron chi connectivity index (χ1n) is 7.22. The topological polar surface area (TPSA) is 83.7 Å². The van der Waals surface area contributed by atoms with Crippen LogP contribution in [0.25, 0.3) is 0 Å². The van der Waals surface area contributed by atoms with Crippen molar-refractivity contribution in [3.05, 3.63) is 18.0 Å². The fourth-order valence-electron chi connectivity index (χ4n) is 1.79. The zero-order chi connectivity index (χ0) is 15.7. The summed E-state index contributed by atoms with van der Waals surface area (Å²) in [5.74, 6) is 0.692. The molecule has 0 spiro atoms. The minimum absolute atomic E-state index is 0. The summed E-state index contributed by atoms with van der Waals surface area (Å²) in [6.07, 6.45) is 4.36. The molecule has 1 aromatic rings. The number of ether oxygens (including phenoxy) is 1. The SMILES string of the molecule is CCNC(=NCC(C)(O)c1cnn(C)c1)NCCCOC.I. The average Bonchev–Trinajstić information content (AvgIpc) is 2.88. The molecule has 0 amide bonds. The van der Waals surface area contributed by atoms with Crippen molar-refractivity contribution in [3.63, 3.8) is 0 Å². The first-order valence-corrected chi connectivity index (χ1v) is 7.22. The van der Waals surface area contributed by atoms with Crippen molar-refractivity contribution in [3.8, 4) is 0 Å². The van der Waals surface area contributed by atoms with Crippen LogP contribution in [0.3, 0.4) is 0 Å². The lowest BCUT2D eigenvalue weighted by Gasteiger charge is -2.20. The third-order valence-electron chi connectivity index (χ3n) is 3.03. The van der Waals surface area contributed by atoms with Crippen LogP contribution in [0, 0.1) is 0 Å². The Balaban J connectivity index is 0.00000441. The van der Waals surface area contributed by atoms with Gasteiger partial charge in [0.25, 0.3) is 0 Å². The molecule has 22 heavy (non-hydrogen) atoms. The van der Waals surface area contributed by atoms with Gasteiger partial charge in [0.1, 0.15) is 5.60 Å². The van der Waals surface area contributed by atoms with Gasteiger partial charge in [-0.25, -0.2) is 4.99 Å². The zero-order valence-electron chi connectivity index (χ0n) is 13.8. The Labute approximate surface area is 149 Å². The van der Waals surface area contributed by atoms with Crippen LogP contribution in [-0.4, -0.2) is 54.2 Å². The monoisotopic (exact) mass is 425 g/mol. The van der Waals surface area contributed by atoms with Crippen molar-refractivity contribution in [2.75, 3.05) is 33.4 Å². The van der Waals surface area contributed by atoms with Gasteiger partial charge in [0, 0.05) is 45.6 Å².